The van der Waals surface area contributed by atoms with E-state index in [1.807, 2.05) is 13.8 Å². The van der Waals surface area contributed by atoms with Gasteiger partial charge in [-0.25, -0.2) is 0 Å². The Balaban J connectivity index is 3.76. The minimum absolute atomic E-state index is 0.0808. The minimum atomic E-state index is -0.0808. The summed E-state index contributed by atoms with van der Waals surface area (Å²) in [5, 5.41) is 0. The van der Waals surface area contributed by atoms with E-state index in [1.165, 1.54) is 0 Å². The van der Waals surface area contributed by atoms with Crippen LogP contribution in [0, 0.1) is 11.8 Å². The molecule has 0 fully saturated rings. The first kappa shape index (κ1) is 13.0. The maximum atomic E-state index is 5.28. The third kappa shape index (κ3) is 7.60. The van der Waals surface area contributed by atoms with Crippen LogP contribution < -0.4 is 0 Å². The summed E-state index contributed by atoms with van der Waals surface area (Å²) in [7, 11) is 0. The Hall–Kier alpha value is -1.04. The van der Waals surface area contributed by atoms with Gasteiger partial charge in [-0.2, -0.15) is 0 Å². The van der Waals surface area contributed by atoms with Crippen LogP contribution in [0.15, 0.2) is 25.3 Å². The first-order chi connectivity index (χ1) is 6.70. The van der Waals surface area contributed by atoms with Crippen molar-refractivity contribution in [3.8, 4) is 11.8 Å². The van der Waals surface area contributed by atoms with Gasteiger partial charge in [0, 0.05) is 0 Å². The van der Waals surface area contributed by atoms with E-state index in [-0.39, 0.29) is 12.2 Å². The van der Waals surface area contributed by atoms with Crippen molar-refractivity contribution in [3.63, 3.8) is 0 Å². The van der Waals surface area contributed by atoms with Crippen molar-refractivity contribution in [2.45, 2.75) is 26.1 Å². The predicted molar refractivity (Wildman–Crippen MR) is 59.0 cm³/mol. The predicted octanol–water partition coefficient (Wildman–Crippen LogP) is 2.17. The molecule has 14 heavy (non-hydrogen) atoms. The summed E-state index contributed by atoms with van der Waals surface area (Å²) in [5.41, 5.74) is 0. The molecule has 0 amide bonds. The van der Waals surface area contributed by atoms with Crippen molar-refractivity contribution in [2.75, 3.05) is 13.2 Å². The number of hydrogen-bond acceptors (Lipinski definition) is 2. The van der Waals surface area contributed by atoms with Crippen molar-refractivity contribution in [2.24, 2.45) is 0 Å². The van der Waals surface area contributed by atoms with Gasteiger partial charge in [0.05, 0.1) is 13.2 Å². The van der Waals surface area contributed by atoms with Crippen LogP contribution in [0.2, 0.25) is 0 Å². The van der Waals surface area contributed by atoms with Crippen LogP contribution >= 0.6 is 0 Å². The highest BCUT2D eigenvalue weighted by atomic mass is 16.5. The molecule has 0 heterocycles. The Kier molecular flexibility index (Phi) is 7.92. The van der Waals surface area contributed by atoms with E-state index < -0.39 is 0 Å². The molecular weight excluding hydrogens is 176 g/mol. The van der Waals surface area contributed by atoms with Crippen molar-refractivity contribution < 1.29 is 9.47 Å². The molecule has 0 saturated carbocycles. The smallest absolute Gasteiger partial charge is 0.115 e. The lowest BCUT2D eigenvalue weighted by atomic mass is 10.3. The molecule has 0 aliphatic carbocycles. The highest BCUT2D eigenvalue weighted by molar-refractivity contribution is 5.08. The third-order valence-corrected chi connectivity index (χ3v) is 1.42. The van der Waals surface area contributed by atoms with E-state index in [1.54, 1.807) is 12.2 Å². The zero-order chi connectivity index (χ0) is 10.8. The lowest BCUT2D eigenvalue weighted by Gasteiger charge is -2.05. The number of ether oxygens (including phenoxy) is 2. The molecule has 0 radical (unpaired) electrons. The van der Waals surface area contributed by atoms with Crippen LogP contribution in [-0.2, 0) is 9.47 Å². The fourth-order valence-corrected chi connectivity index (χ4v) is 0.743. The SMILES string of the molecule is C=CCOC(C)C#CC(C)OCC=C. The average Bonchev–Trinajstić information content (AvgIpc) is 2.20. The Labute approximate surface area is 86.6 Å². The molecule has 0 spiro atoms. The summed E-state index contributed by atoms with van der Waals surface area (Å²) in [6.45, 7) is 12.0. The molecule has 2 atom stereocenters. The molecule has 2 unspecified atom stereocenters. The highest BCUT2D eigenvalue weighted by Gasteiger charge is 1.96. The average molecular weight is 194 g/mol. The van der Waals surface area contributed by atoms with E-state index in [9.17, 15) is 0 Å². The molecule has 0 N–H and O–H groups in total. The Morgan fingerprint density at radius 3 is 1.64 bits per heavy atom. The maximum Gasteiger partial charge on any atom is 0.115 e. The molecule has 0 aliphatic heterocycles. The van der Waals surface area contributed by atoms with Crippen LogP contribution in [0.3, 0.4) is 0 Å². The molecule has 2 heteroatoms. The second-order valence-corrected chi connectivity index (χ2v) is 2.82. The largest absolute Gasteiger partial charge is 0.362 e. The molecule has 0 aliphatic rings. The standard InChI is InChI=1S/C12H18O2/c1-5-9-13-11(3)7-8-12(4)14-10-6-2/h5-6,11-12H,1-2,9-10H2,3-4H3. The topological polar surface area (TPSA) is 18.5 Å². The Morgan fingerprint density at radius 1 is 1.00 bits per heavy atom. The quantitative estimate of drug-likeness (QED) is 0.476. The zero-order valence-corrected chi connectivity index (χ0v) is 8.95. The van der Waals surface area contributed by atoms with Crippen LogP contribution in [0.1, 0.15) is 13.8 Å². The Bertz CT molecular complexity index is 200. The molecule has 0 rings (SSSR count). The molecule has 78 valence electrons. The molecular formula is C12H18O2. The summed E-state index contributed by atoms with van der Waals surface area (Å²) in [6.07, 6.45) is 3.25. The number of hydrogen-bond donors (Lipinski definition) is 0. The second-order valence-electron chi connectivity index (χ2n) is 2.82. The van der Waals surface area contributed by atoms with E-state index in [4.69, 9.17) is 9.47 Å². The molecule has 0 aromatic heterocycles. The fraction of sp³-hybridized carbons (Fsp3) is 0.500. The van der Waals surface area contributed by atoms with Gasteiger partial charge < -0.3 is 9.47 Å². The monoisotopic (exact) mass is 194 g/mol. The maximum absolute atomic E-state index is 5.28. The molecule has 0 aromatic rings. The van der Waals surface area contributed by atoms with Crippen LogP contribution in [-0.4, -0.2) is 25.4 Å². The van der Waals surface area contributed by atoms with Gasteiger partial charge in [0.2, 0.25) is 0 Å². The van der Waals surface area contributed by atoms with Gasteiger partial charge in [0.15, 0.2) is 0 Å². The molecule has 2 nitrogen and oxygen atoms in total. The normalized spacial score (nSPS) is 13.6. The van der Waals surface area contributed by atoms with Crippen LogP contribution in [0.25, 0.3) is 0 Å². The van der Waals surface area contributed by atoms with Gasteiger partial charge in [-0.15, -0.1) is 13.2 Å². The first-order valence-electron chi connectivity index (χ1n) is 4.66. The molecule has 0 saturated heterocycles. The zero-order valence-electron chi connectivity index (χ0n) is 8.95. The van der Waals surface area contributed by atoms with Gasteiger partial charge in [0.25, 0.3) is 0 Å². The highest BCUT2D eigenvalue weighted by Crippen LogP contribution is 1.91. The van der Waals surface area contributed by atoms with Crippen LogP contribution in [0.5, 0.6) is 0 Å². The van der Waals surface area contributed by atoms with Crippen molar-refractivity contribution in [3.05, 3.63) is 25.3 Å². The van der Waals surface area contributed by atoms with E-state index in [0.717, 1.165) is 0 Å². The van der Waals surface area contributed by atoms with Crippen molar-refractivity contribution >= 4 is 0 Å². The Morgan fingerprint density at radius 2 is 1.36 bits per heavy atom. The second kappa shape index (κ2) is 8.55. The van der Waals surface area contributed by atoms with E-state index in [0.29, 0.717) is 13.2 Å². The number of rotatable bonds is 6. The van der Waals surface area contributed by atoms with Gasteiger partial charge >= 0.3 is 0 Å². The summed E-state index contributed by atoms with van der Waals surface area (Å²) in [5.74, 6) is 5.89. The van der Waals surface area contributed by atoms with Gasteiger partial charge in [-0.1, -0.05) is 24.0 Å². The third-order valence-electron chi connectivity index (χ3n) is 1.42. The van der Waals surface area contributed by atoms with Gasteiger partial charge in [0.1, 0.15) is 12.2 Å². The summed E-state index contributed by atoms with van der Waals surface area (Å²) >= 11 is 0. The summed E-state index contributed by atoms with van der Waals surface area (Å²) in [4.78, 5) is 0. The lowest BCUT2D eigenvalue weighted by molar-refractivity contribution is 0.122. The first-order valence-corrected chi connectivity index (χ1v) is 4.66. The van der Waals surface area contributed by atoms with Crippen molar-refractivity contribution in [1.82, 2.24) is 0 Å². The molecule has 0 bridgehead atoms. The van der Waals surface area contributed by atoms with E-state index in [2.05, 4.69) is 25.0 Å². The minimum Gasteiger partial charge on any atom is -0.362 e. The summed E-state index contributed by atoms with van der Waals surface area (Å²) < 4.78 is 10.6. The van der Waals surface area contributed by atoms with E-state index >= 15 is 0 Å². The lowest BCUT2D eigenvalue weighted by Crippen LogP contribution is -2.09. The van der Waals surface area contributed by atoms with Gasteiger partial charge in [-0.3, -0.25) is 0 Å². The van der Waals surface area contributed by atoms with Crippen LogP contribution in [0.4, 0.5) is 0 Å². The summed E-state index contributed by atoms with van der Waals surface area (Å²) in [6, 6.07) is 0. The van der Waals surface area contributed by atoms with Gasteiger partial charge in [-0.05, 0) is 13.8 Å². The fourth-order valence-electron chi connectivity index (χ4n) is 0.743. The molecule has 0 aromatic carbocycles. The van der Waals surface area contributed by atoms with Crippen molar-refractivity contribution in [1.29, 1.82) is 0 Å².